The van der Waals surface area contributed by atoms with Crippen LogP contribution in [0.25, 0.3) is 5.76 Å². The van der Waals surface area contributed by atoms with Crippen molar-refractivity contribution in [2.75, 3.05) is 20.8 Å². The van der Waals surface area contributed by atoms with Crippen molar-refractivity contribution in [1.29, 1.82) is 0 Å². The first-order valence-electron chi connectivity index (χ1n) is 11.9. The van der Waals surface area contributed by atoms with Crippen LogP contribution in [0.5, 0.6) is 5.75 Å². The lowest BCUT2D eigenvalue weighted by molar-refractivity contribution is -0.156. The largest absolute Gasteiger partial charge is 0.508 e. The van der Waals surface area contributed by atoms with Gasteiger partial charge in [0.05, 0.1) is 24.4 Å². The SMILES string of the molecule is C[C@H](NCNC(=O)C1=C(O)C2(O)C(=O)C3=C(O)c4c(O)ccc(Cl)c4C(O)C3CC2C(N(C)C)C1=O)C(=O)O. The van der Waals surface area contributed by atoms with E-state index in [1.54, 1.807) is 0 Å². The molecule has 6 atom stereocenters. The van der Waals surface area contributed by atoms with Gasteiger partial charge in [0.2, 0.25) is 5.78 Å². The van der Waals surface area contributed by atoms with Gasteiger partial charge in [-0.1, -0.05) is 11.6 Å². The number of aliphatic hydroxyl groups excluding tert-OH is 3. The number of aliphatic carboxylic acids is 1. The molecule has 0 aliphatic heterocycles. The number of carbonyl (C=O) groups is 4. The number of fused-ring (bicyclic) bond motifs is 3. The Balaban J connectivity index is 1.85. The first-order chi connectivity index (χ1) is 18.2. The molecular formula is C25H28ClN3O10. The Morgan fingerprint density at radius 2 is 1.85 bits per heavy atom. The summed E-state index contributed by atoms with van der Waals surface area (Å²) in [5.74, 6) is -9.58. The van der Waals surface area contributed by atoms with Crippen LogP contribution in [0, 0.1) is 11.8 Å². The first-order valence-corrected chi connectivity index (χ1v) is 12.3. The molecule has 1 amide bonds. The van der Waals surface area contributed by atoms with Crippen molar-refractivity contribution in [1.82, 2.24) is 15.5 Å². The predicted octanol–water partition coefficient (Wildman–Crippen LogP) is -0.241. The molecule has 3 aliphatic carbocycles. The number of likely N-dealkylation sites (N-methyl/N-ethyl adjacent to an activating group) is 1. The number of hydrogen-bond donors (Lipinski definition) is 8. The summed E-state index contributed by atoms with van der Waals surface area (Å²) in [6.07, 6.45) is -1.81. The van der Waals surface area contributed by atoms with Gasteiger partial charge in [0.1, 0.15) is 28.9 Å². The number of carbonyl (C=O) groups excluding carboxylic acids is 3. The second-order valence-electron chi connectivity index (χ2n) is 10.0. The Kier molecular flexibility index (Phi) is 7.25. The molecule has 39 heavy (non-hydrogen) atoms. The Labute approximate surface area is 227 Å². The number of aromatic hydroxyl groups is 1. The molecule has 0 bridgehead atoms. The smallest absolute Gasteiger partial charge is 0.320 e. The minimum atomic E-state index is -2.86. The highest BCUT2D eigenvalue weighted by Gasteiger charge is 2.65. The van der Waals surface area contributed by atoms with Crippen molar-refractivity contribution in [3.05, 3.63) is 45.2 Å². The summed E-state index contributed by atoms with van der Waals surface area (Å²) in [5, 5.41) is 69.2. The third-order valence-corrected chi connectivity index (χ3v) is 7.98. The standard InChI is InChI=1S/C25H28ClN3O10/c1-8(24(37)38)27-7-28-23(36)16-20(33)17(29(2)3)10-6-9-13(21(34)25(10,39)22(16)35)19(32)15-12(30)5-4-11(26)14(15)18(9)31/h4-5,8-10,17-18,27,30-32,35,39H,6-7H2,1-3H3,(H,28,36)(H,37,38)/t8-,9?,10?,17?,18?,25?/m0/s1. The molecule has 0 spiro atoms. The summed E-state index contributed by atoms with van der Waals surface area (Å²) < 4.78 is 0. The Morgan fingerprint density at radius 1 is 1.21 bits per heavy atom. The van der Waals surface area contributed by atoms with Crippen molar-refractivity contribution in [2.24, 2.45) is 11.8 Å². The number of ketones is 2. The molecule has 1 saturated carbocycles. The van der Waals surface area contributed by atoms with E-state index in [4.69, 9.17) is 16.7 Å². The number of nitrogens with one attached hydrogen (secondary N) is 2. The maximum atomic E-state index is 13.9. The lowest BCUT2D eigenvalue weighted by atomic mass is 9.57. The summed E-state index contributed by atoms with van der Waals surface area (Å²) in [6, 6.07) is 0.0703. The van der Waals surface area contributed by atoms with Crippen LogP contribution in [0.1, 0.15) is 30.6 Å². The number of amides is 1. The molecule has 1 fully saturated rings. The summed E-state index contributed by atoms with van der Waals surface area (Å²) in [4.78, 5) is 52.7. The highest BCUT2D eigenvalue weighted by atomic mass is 35.5. The number of Topliss-reactive ketones (excluding diaryl/α,β-unsaturated/α-hetero) is 2. The number of halogens is 1. The van der Waals surface area contributed by atoms with Crippen LogP contribution in [-0.2, 0) is 19.2 Å². The summed E-state index contributed by atoms with van der Waals surface area (Å²) >= 11 is 6.23. The molecule has 0 heterocycles. The van der Waals surface area contributed by atoms with Crippen LogP contribution in [-0.4, -0.2) is 97.4 Å². The fourth-order valence-corrected chi connectivity index (χ4v) is 5.95. The third-order valence-electron chi connectivity index (χ3n) is 7.65. The minimum Gasteiger partial charge on any atom is -0.508 e. The molecule has 210 valence electrons. The number of aliphatic hydroxyl groups is 4. The normalized spacial score (nSPS) is 29.1. The zero-order chi connectivity index (χ0) is 29.1. The van der Waals surface area contributed by atoms with E-state index in [1.807, 2.05) is 0 Å². The molecule has 4 rings (SSSR count). The number of phenolic OH excluding ortho intramolecular Hbond substituents is 1. The highest BCUT2D eigenvalue weighted by Crippen LogP contribution is 2.56. The fraction of sp³-hybridized carbons (Fsp3) is 0.440. The Bertz CT molecular complexity index is 1360. The van der Waals surface area contributed by atoms with Gasteiger partial charge in [-0.25, -0.2) is 0 Å². The zero-order valence-corrected chi connectivity index (χ0v) is 21.9. The van der Waals surface area contributed by atoms with E-state index in [0.717, 1.165) is 6.07 Å². The molecule has 3 aliphatic rings. The molecule has 0 saturated heterocycles. The van der Waals surface area contributed by atoms with Gasteiger partial charge in [-0.15, -0.1) is 0 Å². The lowest BCUT2D eigenvalue weighted by Crippen LogP contribution is -2.66. The molecular weight excluding hydrogens is 538 g/mol. The molecule has 13 nitrogen and oxygen atoms in total. The number of nitrogens with zero attached hydrogens (tertiary/aromatic N) is 1. The van der Waals surface area contributed by atoms with Crippen LogP contribution >= 0.6 is 11.6 Å². The quantitative estimate of drug-likeness (QED) is 0.165. The van der Waals surface area contributed by atoms with Crippen LogP contribution < -0.4 is 10.6 Å². The van der Waals surface area contributed by atoms with Gasteiger partial charge in [-0.05, 0) is 39.6 Å². The van der Waals surface area contributed by atoms with Gasteiger partial charge in [0.25, 0.3) is 5.91 Å². The first kappa shape index (κ1) is 28.5. The van der Waals surface area contributed by atoms with E-state index in [2.05, 4.69) is 10.6 Å². The Morgan fingerprint density at radius 3 is 2.44 bits per heavy atom. The van der Waals surface area contributed by atoms with Crippen molar-refractivity contribution in [2.45, 2.75) is 37.1 Å². The predicted molar refractivity (Wildman–Crippen MR) is 135 cm³/mol. The number of carboxylic acid groups (broad SMARTS) is 1. The van der Waals surface area contributed by atoms with Gasteiger partial charge in [0.15, 0.2) is 11.4 Å². The summed E-state index contributed by atoms with van der Waals surface area (Å²) in [5.41, 5.74) is -4.61. The maximum absolute atomic E-state index is 13.9. The highest BCUT2D eigenvalue weighted by molar-refractivity contribution is 6.32. The number of benzene rings is 1. The summed E-state index contributed by atoms with van der Waals surface area (Å²) in [7, 11) is 2.93. The van der Waals surface area contributed by atoms with Crippen LogP contribution in [0.3, 0.4) is 0 Å². The number of phenols is 1. The average Bonchev–Trinajstić information content (AvgIpc) is 2.85. The monoisotopic (exact) mass is 565 g/mol. The molecule has 0 radical (unpaired) electrons. The van der Waals surface area contributed by atoms with Crippen LogP contribution in [0.15, 0.2) is 29.0 Å². The minimum absolute atomic E-state index is 0.00518. The van der Waals surface area contributed by atoms with Gasteiger partial charge >= 0.3 is 5.97 Å². The third kappa shape index (κ3) is 4.17. The van der Waals surface area contributed by atoms with E-state index in [-0.39, 0.29) is 22.6 Å². The maximum Gasteiger partial charge on any atom is 0.320 e. The van der Waals surface area contributed by atoms with Gasteiger partial charge < -0.3 is 36.0 Å². The lowest BCUT2D eigenvalue weighted by Gasteiger charge is -2.51. The molecule has 1 aromatic rings. The summed E-state index contributed by atoms with van der Waals surface area (Å²) in [6.45, 7) is 0.890. The van der Waals surface area contributed by atoms with Gasteiger partial charge in [-0.2, -0.15) is 0 Å². The zero-order valence-electron chi connectivity index (χ0n) is 21.1. The van der Waals surface area contributed by atoms with Gasteiger partial charge in [0, 0.05) is 28.0 Å². The second kappa shape index (κ2) is 9.92. The molecule has 5 unspecified atom stereocenters. The van der Waals surface area contributed by atoms with Gasteiger partial charge in [-0.3, -0.25) is 29.4 Å². The number of hydrogen-bond acceptors (Lipinski definition) is 11. The van der Waals surface area contributed by atoms with Crippen molar-refractivity contribution >= 4 is 40.8 Å². The van der Waals surface area contributed by atoms with Crippen molar-refractivity contribution < 1.29 is 49.8 Å². The molecule has 14 heteroatoms. The van der Waals surface area contributed by atoms with Crippen LogP contribution in [0.4, 0.5) is 0 Å². The van der Waals surface area contributed by atoms with E-state index < -0.39 is 94.2 Å². The van der Waals surface area contributed by atoms with E-state index in [1.165, 1.54) is 32.0 Å². The van der Waals surface area contributed by atoms with Crippen molar-refractivity contribution in [3.63, 3.8) is 0 Å². The van der Waals surface area contributed by atoms with E-state index in [9.17, 15) is 44.7 Å². The second-order valence-corrected chi connectivity index (χ2v) is 10.5. The number of carboxylic acids is 1. The van der Waals surface area contributed by atoms with E-state index in [0.29, 0.717) is 0 Å². The molecule has 0 aromatic heterocycles. The molecule has 8 N–H and O–H groups in total. The van der Waals surface area contributed by atoms with Crippen LogP contribution in [0.2, 0.25) is 5.02 Å². The fourth-order valence-electron chi connectivity index (χ4n) is 5.68. The number of rotatable bonds is 6. The Hall–Kier alpha value is -3.49. The average molecular weight is 566 g/mol. The molecule has 1 aromatic carbocycles. The van der Waals surface area contributed by atoms with E-state index >= 15 is 0 Å². The van der Waals surface area contributed by atoms with Crippen molar-refractivity contribution in [3.8, 4) is 5.75 Å². The topological polar surface area (TPSA) is 217 Å².